The molecule has 1 aromatic carbocycles. The molecule has 0 unspecified atom stereocenters. The fraction of sp³-hybridized carbons (Fsp3) is 0.400. The maximum absolute atomic E-state index is 13.4. The van der Waals surface area contributed by atoms with E-state index in [4.69, 9.17) is 16.3 Å². The monoisotopic (exact) mass is 278 g/mol. The minimum Gasteiger partial charge on any atom is -0.487 e. The molecule has 0 bridgehead atoms. The van der Waals surface area contributed by atoms with E-state index in [0.717, 1.165) is 12.8 Å². The zero-order chi connectivity index (χ0) is 10.1. The fourth-order valence-corrected chi connectivity index (χ4v) is 2.35. The van der Waals surface area contributed by atoms with Gasteiger partial charge in [-0.15, -0.1) is 0 Å². The zero-order valence-electron chi connectivity index (χ0n) is 7.34. The molecule has 0 saturated heterocycles. The van der Waals surface area contributed by atoms with E-state index in [-0.39, 0.29) is 16.9 Å². The highest BCUT2D eigenvalue weighted by molar-refractivity contribution is 9.09. The van der Waals surface area contributed by atoms with Crippen molar-refractivity contribution in [3.05, 3.63) is 29.0 Å². The largest absolute Gasteiger partial charge is 0.487 e. The second-order valence-electron chi connectivity index (χ2n) is 3.36. The average Bonchev–Trinajstić information content (AvgIpc) is 2.10. The summed E-state index contributed by atoms with van der Waals surface area (Å²) in [7, 11) is 0. The summed E-state index contributed by atoms with van der Waals surface area (Å²) in [5.41, 5.74) is 0. The van der Waals surface area contributed by atoms with Gasteiger partial charge in [0.15, 0.2) is 11.6 Å². The van der Waals surface area contributed by atoms with Crippen molar-refractivity contribution in [2.24, 2.45) is 0 Å². The van der Waals surface area contributed by atoms with E-state index in [1.54, 1.807) is 12.1 Å². The summed E-state index contributed by atoms with van der Waals surface area (Å²) < 4.78 is 18.8. The Morgan fingerprint density at radius 1 is 1.43 bits per heavy atom. The Labute approximate surface area is 95.3 Å². The first-order valence-electron chi connectivity index (χ1n) is 4.41. The number of ether oxygens (including phenoxy) is 1. The molecule has 76 valence electrons. The van der Waals surface area contributed by atoms with Crippen molar-refractivity contribution in [2.45, 2.75) is 23.8 Å². The van der Waals surface area contributed by atoms with Gasteiger partial charge < -0.3 is 4.74 Å². The molecule has 0 radical (unpaired) electrons. The SMILES string of the molecule is Fc1c(Cl)cccc1OC1CC(Br)C1. The summed E-state index contributed by atoms with van der Waals surface area (Å²) in [6.07, 6.45) is 1.96. The van der Waals surface area contributed by atoms with E-state index in [1.807, 2.05) is 0 Å². The van der Waals surface area contributed by atoms with E-state index in [0.29, 0.717) is 4.83 Å². The van der Waals surface area contributed by atoms with Gasteiger partial charge in [0.2, 0.25) is 0 Å². The first-order valence-corrected chi connectivity index (χ1v) is 5.71. The van der Waals surface area contributed by atoms with Crippen molar-refractivity contribution in [3.63, 3.8) is 0 Å². The van der Waals surface area contributed by atoms with Crippen LogP contribution in [0.4, 0.5) is 4.39 Å². The highest BCUT2D eigenvalue weighted by atomic mass is 79.9. The van der Waals surface area contributed by atoms with Crippen LogP contribution in [0.3, 0.4) is 0 Å². The summed E-state index contributed by atoms with van der Waals surface area (Å²) in [5, 5.41) is 0.109. The van der Waals surface area contributed by atoms with Gasteiger partial charge in [-0.1, -0.05) is 33.6 Å². The maximum Gasteiger partial charge on any atom is 0.183 e. The number of alkyl halides is 1. The molecule has 1 nitrogen and oxygen atoms in total. The molecule has 0 N–H and O–H groups in total. The number of benzene rings is 1. The van der Waals surface area contributed by atoms with Gasteiger partial charge in [-0.25, -0.2) is 4.39 Å². The van der Waals surface area contributed by atoms with Crippen LogP contribution in [-0.4, -0.2) is 10.9 Å². The predicted molar refractivity (Wildman–Crippen MR) is 57.8 cm³/mol. The highest BCUT2D eigenvalue weighted by Gasteiger charge is 2.29. The standard InChI is InChI=1S/C10H9BrClFO/c11-6-4-7(5-6)14-9-3-1-2-8(12)10(9)13/h1-3,6-7H,4-5H2. The van der Waals surface area contributed by atoms with Crippen LogP contribution in [0.2, 0.25) is 5.02 Å². The Morgan fingerprint density at radius 2 is 2.14 bits per heavy atom. The van der Waals surface area contributed by atoms with Crippen molar-refractivity contribution in [3.8, 4) is 5.75 Å². The molecule has 4 heteroatoms. The molecule has 1 aliphatic carbocycles. The normalized spacial score (nSPS) is 25.6. The van der Waals surface area contributed by atoms with E-state index in [1.165, 1.54) is 6.07 Å². The van der Waals surface area contributed by atoms with Crippen LogP contribution in [0.25, 0.3) is 0 Å². The molecular formula is C10H9BrClFO. The van der Waals surface area contributed by atoms with E-state index >= 15 is 0 Å². The lowest BCUT2D eigenvalue weighted by atomic mass is 9.96. The summed E-state index contributed by atoms with van der Waals surface area (Å²) in [4.78, 5) is 0.509. The number of halogens is 3. The molecular weight excluding hydrogens is 270 g/mol. The number of hydrogen-bond acceptors (Lipinski definition) is 1. The van der Waals surface area contributed by atoms with Gasteiger partial charge in [-0.05, 0) is 25.0 Å². The van der Waals surface area contributed by atoms with E-state index < -0.39 is 5.82 Å². The molecule has 0 heterocycles. The summed E-state index contributed by atoms with van der Waals surface area (Å²) in [6.45, 7) is 0. The van der Waals surface area contributed by atoms with Crippen molar-refractivity contribution < 1.29 is 9.13 Å². The Bertz CT molecular complexity index is 339. The van der Waals surface area contributed by atoms with Gasteiger partial charge in [0.05, 0.1) is 5.02 Å². The lowest BCUT2D eigenvalue weighted by molar-refractivity contribution is 0.122. The van der Waals surface area contributed by atoms with Crippen LogP contribution in [0.15, 0.2) is 18.2 Å². The van der Waals surface area contributed by atoms with Crippen molar-refractivity contribution in [1.82, 2.24) is 0 Å². The first kappa shape index (κ1) is 10.2. The van der Waals surface area contributed by atoms with Crippen LogP contribution in [0.1, 0.15) is 12.8 Å². The van der Waals surface area contributed by atoms with Crippen molar-refractivity contribution in [1.29, 1.82) is 0 Å². The third kappa shape index (κ3) is 2.04. The Balaban J connectivity index is 2.06. The zero-order valence-corrected chi connectivity index (χ0v) is 9.69. The molecule has 2 rings (SSSR count). The number of rotatable bonds is 2. The maximum atomic E-state index is 13.4. The van der Waals surface area contributed by atoms with Crippen LogP contribution >= 0.6 is 27.5 Å². The van der Waals surface area contributed by atoms with Crippen molar-refractivity contribution in [2.75, 3.05) is 0 Å². The second-order valence-corrected chi connectivity index (χ2v) is 5.06. The van der Waals surface area contributed by atoms with Crippen LogP contribution in [-0.2, 0) is 0 Å². The Morgan fingerprint density at radius 3 is 2.79 bits per heavy atom. The minimum absolute atomic E-state index is 0.109. The van der Waals surface area contributed by atoms with Crippen LogP contribution in [0, 0.1) is 5.82 Å². The Kier molecular flexibility index (Phi) is 2.98. The molecule has 0 aromatic heterocycles. The molecule has 1 saturated carbocycles. The molecule has 1 aromatic rings. The second kappa shape index (κ2) is 4.07. The fourth-order valence-electron chi connectivity index (χ4n) is 1.35. The summed E-state index contributed by atoms with van der Waals surface area (Å²) >= 11 is 9.07. The van der Waals surface area contributed by atoms with Gasteiger partial charge in [-0.2, -0.15) is 0 Å². The molecule has 0 atom stereocenters. The van der Waals surface area contributed by atoms with Gasteiger partial charge in [0, 0.05) is 4.83 Å². The molecule has 0 aliphatic heterocycles. The number of hydrogen-bond donors (Lipinski definition) is 0. The van der Waals surface area contributed by atoms with E-state index in [9.17, 15) is 4.39 Å². The van der Waals surface area contributed by atoms with Gasteiger partial charge >= 0.3 is 0 Å². The highest BCUT2D eigenvalue weighted by Crippen LogP contribution is 2.33. The van der Waals surface area contributed by atoms with E-state index in [2.05, 4.69) is 15.9 Å². The molecule has 1 fully saturated rings. The third-order valence-electron chi connectivity index (χ3n) is 2.25. The van der Waals surface area contributed by atoms with Crippen LogP contribution < -0.4 is 4.74 Å². The first-order chi connectivity index (χ1) is 6.66. The molecule has 0 amide bonds. The topological polar surface area (TPSA) is 9.23 Å². The lowest BCUT2D eigenvalue weighted by Gasteiger charge is -2.31. The Hall–Kier alpha value is -0.280. The summed E-state index contributed by atoms with van der Waals surface area (Å²) in [5.74, 6) is -0.214. The molecule has 1 aliphatic rings. The van der Waals surface area contributed by atoms with Gasteiger partial charge in [0.25, 0.3) is 0 Å². The lowest BCUT2D eigenvalue weighted by Crippen LogP contribution is -2.34. The van der Waals surface area contributed by atoms with Crippen molar-refractivity contribution >= 4 is 27.5 Å². The molecule has 0 spiro atoms. The van der Waals surface area contributed by atoms with Crippen LogP contribution in [0.5, 0.6) is 5.75 Å². The van der Waals surface area contributed by atoms with Gasteiger partial charge in [-0.3, -0.25) is 0 Å². The third-order valence-corrected chi connectivity index (χ3v) is 3.29. The van der Waals surface area contributed by atoms with Gasteiger partial charge in [0.1, 0.15) is 6.10 Å². The minimum atomic E-state index is -0.466. The molecule has 14 heavy (non-hydrogen) atoms. The quantitative estimate of drug-likeness (QED) is 0.749. The predicted octanol–water partition coefficient (Wildman–Crippen LogP) is 3.78. The smallest absolute Gasteiger partial charge is 0.183 e. The summed E-state index contributed by atoms with van der Waals surface area (Å²) in [6, 6.07) is 4.80. The average molecular weight is 280 g/mol.